The van der Waals surface area contributed by atoms with E-state index in [1.807, 2.05) is 42.5 Å². The number of carboxylic acids is 1. The van der Waals surface area contributed by atoms with Gasteiger partial charge in [-0.3, -0.25) is 4.40 Å². The number of methoxy groups -OCH3 is 2. The molecule has 0 bridgehead atoms. The van der Waals surface area contributed by atoms with Crippen LogP contribution in [0.4, 0.5) is 5.95 Å². The molecule has 4 rings (SSSR count). The topological polar surface area (TPSA) is 98.0 Å². The van der Waals surface area contributed by atoms with Crippen LogP contribution in [-0.4, -0.2) is 39.7 Å². The summed E-state index contributed by atoms with van der Waals surface area (Å²) in [6.45, 7) is 0.395. The van der Waals surface area contributed by atoms with E-state index in [2.05, 4.69) is 26.2 Å². The lowest BCUT2D eigenvalue weighted by atomic mass is 10.1. The van der Waals surface area contributed by atoms with Gasteiger partial charge in [-0.15, -0.1) is 0 Å². The predicted octanol–water partition coefficient (Wildman–Crippen LogP) is 4.49. The molecule has 31 heavy (non-hydrogen) atoms. The third kappa shape index (κ3) is 4.04. The van der Waals surface area contributed by atoms with Crippen molar-refractivity contribution in [2.75, 3.05) is 19.5 Å². The Morgan fingerprint density at radius 2 is 1.90 bits per heavy atom. The molecule has 8 nitrogen and oxygen atoms in total. The summed E-state index contributed by atoms with van der Waals surface area (Å²) in [5, 5.41) is 12.7. The first-order chi connectivity index (χ1) is 15.0. The fraction of sp³-hybridized carbons (Fsp3) is 0.136. The molecule has 2 aromatic carbocycles. The number of hydrogen-bond donors (Lipinski definition) is 2. The number of nitrogens with zero attached hydrogens (tertiary/aromatic N) is 3. The standard InChI is InChI=1S/C22H19BrN4O4/c1-30-15-9-8-14(17(10-15)31-2)11-24-22-26-19(13-6-4-3-5-7-13)18(23)20-25-16(21(28)29)12-27(20)22/h3-10,12H,11H2,1-2H3,(H,24,26)(H,28,29). The quantitative estimate of drug-likeness (QED) is 0.400. The highest BCUT2D eigenvalue weighted by Crippen LogP contribution is 2.32. The van der Waals surface area contributed by atoms with Crippen molar-refractivity contribution in [2.24, 2.45) is 0 Å². The van der Waals surface area contributed by atoms with Gasteiger partial charge in [-0.25, -0.2) is 14.8 Å². The molecule has 0 radical (unpaired) electrons. The van der Waals surface area contributed by atoms with E-state index < -0.39 is 5.97 Å². The molecular formula is C22H19BrN4O4. The number of halogens is 1. The van der Waals surface area contributed by atoms with Crippen molar-refractivity contribution in [1.82, 2.24) is 14.4 Å². The van der Waals surface area contributed by atoms with Crippen LogP contribution in [0.1, 0.15) is 16.1 Å². The van der Waals surface area contributed by atoms with Gasteiger partial charge in [0.25, 0.3) is 0 Å². The Morgan fingerprint density at radius 3 is 2.58 bits per heavy atom. The van der Waals surface area contributed by atoms with Crippen molar-refractivity contribution in [1.29, 1.82) is 0 Å². The fourth-order valence-corrected chi connectivity index (χ4v) is 3.80. The second-order valence-corrected chi connectivity index (χ2v) is 7.41. The van der Waals surface area contributed by atoms with E-state index in [-0.39, 0.29) is 5.69 Å². The van der Waals surface area contributed by atoms with Gasteiger partial charge in [-0.2, -0.15) is 0 Å². The van der Waals surface area contributed by atoms with Crippen molar-refractivity contribution >= 4 is 33.5 Å². The third-order valence-corrected chi connectivity index (χ3v) is 5.48. The minimum Gasteiger partial charge on any atom is -0.497 e. The number of carboxylic acid groups (broad SMARTS) is 1. The van der Waals surface area contributed by atoms with Gasteiger partial charge in [-0.05, 0) is 28.1 Å². The van der Waals surface area contributed by atoms with Crippen molar-refractivity contribution in [3.8, 4) is 22.8 Å². The molecule has 2 heterocycles. The smallest absolute Gasteiger partial charge is 0.356 e. The molecule has 9 heteroatoms. The number of fused-ring (bicyclic) bond motifs is 1. The molecule has 0 atom stereocenters. The van der Waals surface area contributed by atoms with Gasteiger partial charge in [0.15, 0.2) is 11.3 Å². The SMILES string of the molecule is COc1ccc(CNc2nc(-c3ccccc3)c(Br)c3nc(C(=O)O)cn23)c(OC)c1. The van der Waals surface area contributed by atoms with E-state index in [0.29, 0.717) is 39.8 Å². The molecule has 2 N–H and O–H groups in total. The first-order valence-electron chi connectivity index (χ1n) is 9.34. The minimum atomic E-state index is -1.11. The van der Waals surface area contributed by atoms with Crippen molar-refractivity contribution in [2.45, 2.75) is 6.54 Å². The number of aromatic nitrogens is 3. The van der Waals surface area contributed by atoms with Crippen molar-refractivity contribution in [3.63, 3.8) is 0 Å². The summed E-state index contributed by atoms with van der Waals surface area (Å²) in [5.74, 6) is 0.701. The van der Waals surface area contributed by atoms with E-state index in [1.165, 1.54) is 6.20 Å². The summed E-state index contributed by atoms with van der Waals surface area (Å²) in [7, 11) is 3.19. The number of nitrogens with one attached hydrogen (secondary N) is 1. The number of ether oxygens (including phenoxy) is 2. The van der Waals surface area contributed by atoms with Crippen molar-refractivity contribution in [3.05, 3.63) is 70.5 Å². The Bertz CT molecular complexity index is 1260. The van der Waals surface area contributed by atoms with Gasteiger partial charge in [0.1, 0.15) is 11.5 Å². The number of rotatable bonds is 7. The Morgan fingerprint density at radius 1 is 1.13 bits per heavy atom. The molecule has 0 fully saturated rings. The highest BCUT2D eigenvalue weighted by atomic mass is 79.9. The van der Waals surface area contributed by atoms with Gasteiger partial charge in [0.2, 0.25) is 5.95 Å². The molecule has 0 amide bonds. The Balaban J connectivity index is 1.79. The molecule has 4 aromatic rings. The first-order valence-corrected chi connectivity index (χ1v) is 10.1. The van der Waals surface area contributed by atoms with Crippen LogP contribution in [0.2, 0.25) is 0 Å². The lowest BCUT2D eigenvalue weighted by molar-refractivity contribution is 0.0691. The Labute approximate surface area is 186 Å². The minimum absolute atomic E-state index is 0.0715. The molecule has 0 saturated heterocycles. The number of benzene rings is 2. The zero-order valence-electron chi connectivity index (χ0n) is 16.8. The number of aromatic carboxylic acids is 1. The first kappa shape index (κ1) is 20.7. The Hall–Kier alpha value is -3.59. The average molecular weight is 483 g/mol. The predicted molar refractivity (Wildman–Crippen MR) is 120 cm³/mol. The average Bonchev–Trinajstić information content (AvgIpc) is 3.26. The van der Waals surface area contributed by atoms with E-state index in [4.69, 9.17) is 14.5 Å². The lowest BCUT2D eigenvalue weighted by Crippen LogP contribution is -2.09. The van der Waals surface area contributed by atoms with Crippen LogP contribution >= 0.6 is 15.9 Å². The van der Waals surface area contributed by atoms with E-state index in [0.717, 1.165) is 11.1 Å². The van der Waals surface area contributed by atoms with Crippen LogP contribution in [-0.2, 0) is 6.54 Å². The lowest BCUT2D eigenvalue weighted by Gasteiger charge is -2.14. The molecule has 158 valence electrons. The molecule has 2 aromatic heterocycles. The number of imidazole rings is 1. The summed E-state index contributed by atoms with van der Waals surface area (Å²) < 4.78 is 12.9. The molecule has 0 spiro atoms. The van der Waals surface area contributed by atoms with Crippen molar-refractivity contribution < 1.29 is 19.4 Å². The summed E-state index contributed by atoms with van der Waals surface area (Å²) in [6, 6.07) is 15.2. The van der Waals surface area contributed by atoms with Gasteiger partial charge in [-0.1, -0.05) is 30.3 Å². The Kier molecular flexibility index (Phi) is 5.77. The zero-order chi connectivity index (χ0) is 22.0. The van der Waals surface area contributed by atoms with Crippen LogP contribution in [0, 0.1) is 0 Å². The summed E-state index contributed by atoms with van der Waals surface area (Å²) in [6.07, 6.45) is 1.44. The van der Waals surface area contributed by atoms with Crippen LogP contribution in [0.5, 0.6) is 11.5 Å². The molecule has 0 unspecified atom stereocenters. The van der Waals surface area contributed by atoms with Crippen LogP contribution in [0.3, 0.4) is 0 Å². The van der Waals surface area contributed by atoms with Crippen LogP contribution in [0.25, 0.3) is 16.9 Å². The molecule has 0 aliphatic carbocycles. The maximum Gasteiger partial charge on any atom is 0.356 e. The van der Waals surface area contributed by atoms with E-state index in [1.54, 1.807) is 24.7 Å². The second kappa shape index (κ2) is 8.65. The molecule has 0 aliphatic heterocycles. The highest BCUT2D eigenvalue weighted by molar-refractivity contribution is 9.10. The number of carbonyl (C=O) groups is 1. The van der Waals surface area contributed by atoms with E-state index >= 15 is 0 Å². The fourth-order valence-electron chi connectivity index (χ4n) is 3.20. The second-order valence-electron chi connectivity index (χ2n) is 6.62. The molecule has 0 saturated carbocycles. The maximum absolute atomic E-state index is 11.5. The van der Waals surface area contributed by atoms with E-state index in [9.17, 15) is 9.90 Å². The zero-order valence-corrected chi connectivity index (χ0v) is 18.4. The van der Waals surface area contributed by atoms with Gasteiger partial charge in [0, 0.05) is 29.9 Å². The van der Waals surface area contributed by atoms with Crippen LogP contribution < -0.4 is 14.8 Å². The maximum atomic E-state index is 11.5. The number of hydrogen-bond acceptors (Lipinski definition) is 6. The summed E-state index contributed by atoms with van der Waals surface area (Å²) >= 11 is 3.55. The summed E-state index contributed by atoms with van der Waals surface area (Å²) in [4.78, 5) is 20.5. The van der Waals surface area contributed by atoms with Crippen LogP contribution in [0.15, 0.2) is 59.2 Å². The van der Waals surface area contributed by atoms with Gasteiger partial charge in [0.05, 0.1) is 24.4 Å². The van der Waals surface area contributed by atoms with Gasteiger partial charge < -0.3 is 19.9 Å². The number of anilines is 1. The molecular weight excluding hydrogens is 464 g/mol. The normalized spacial score (nSPS) is 10.8. The van der Waals surface area contributed by atoms with Gasteiger partial charge >= 0.3 is 5.97 Å². The monoisotopic (exact) mass is 482 g/mol. The largest absolute Gasteiger partial charge is 0.497 e. The summed E-state index contributed by atoms with van der Waals surface area (Å²) in [5.41, 5.74) is 2.80. The molecule has 0 aliphatic rings. The third-order valence-electron chi connectivity index (χ3n) is 4.75. The highest BCUT2D eigenvalue weighted by Gasteiger charge is 2.19.